The van der Waals surface area contributed by atoms with E-state index >= 15 is 0 Å². The van der Waals surface area contributed by atoms with Crippen LogP contribution in [-0.4, -0.2) is 48.3 Å². The van der Waals surface area contributed by atoms with E-state index in [4.69, 9.17) is 5.11 Å². The minimum absolute atomic E-state index is 0.264. The van der Waals surface area contributed by atoms with Crippen LogP contribution in [0.1, 0.15) is 32.1 Å². The number of rotatable bonds is 4. The van der Waals surface area contributed by atoms with Crippen LogP contribution >= 0.6 is 0 Å². The van der Waals surface area contributed by atoms with Crippen LogP contribution in [-0.2, 0) is 0 Å². The maximum atomic E-state index is 8.73. The largest absolute Gasteiger partial charge is 0.395 e. The van der Waals surface area contributed by atoms with Crippen molar-refractivity contribution in [3.8, 4) is 0 Å². The lowest BCUT2D eigenvalue weighted by atomic mass is 10.2. The Bertz CT molecular complexity index is 169. The number of nitrogens with zero attached hydrogens (tertiary/aromatic N) is 1. The Labute approximate surface area is 86.5 Å². The highest BCUT2D eigenvalue weighted by Gasteiger charge is 2.29. The lowest BCUT2D eigenvalue weighted by Crippen LogP contribution is -2.37. The molecule has 0 bridgehead atoms. The molecule has 14 heavy (non-hydrogen) atoms. The Balaban J connectivity index is 1.71. The van der Waals surface area contributed by atoms with Crippen molar-refractivity contribution in [3.63, 3.8) is 0 Å². The summed E-state index contributed by atoms with van der Waals surface area (Å²) in [6, 6.07) is 1.50. The fourth-order valence-electron chi connectivity index (χ4n) is 2.82. The van der Waals surface area contributed by atoms with Crippen molar-refractivity contribution in [3.05, 3.63) is 0 Å². The summed E-state index contributed by atoms with van der Waals surface area (Å²) in [5, 5.41) is 12.1. The maximum absolute atomic E-state index is 8.73. The lowest BCUT2D eigenvalue weighted by molar-refractivity contribution is 0.236. The number of aliphatic hydroxyl groups excluding tert-OH is 1. The molecular weight excluding hydrogens is 176 g/mol. The summed E-state index contributed by atoms with van der Waals surface area (Å²) in [6.45, 7) is 3.47. The molecule has 1 saturated carbocycles. The molecule has 3 heteroatoms. The minimum Gasteiger partial charge on any atom is -0.395 e. The number of nitrogens with one attached hydrogen (secondary N) is 1. The molecular formula is C11H22N2O. The Morgan fingerprint density at radius 2 is 2.00 bits per heavy atom. The van der Waals surface area contributed by atoms with Gasteiger partial charge in [0.15, 0.2) is 0 Å². The second-order valence-corrected chi connectivity index (χ2v) is 4.60. The van der Waals surface area contributed by atoms with E-state index in [2.05, 4.69) is 10.2 Å². The molecule has 2 rings (SSSR count). The van der Waals surface area contributed by atoms with Gasteiger partial charge >= 0.3 is 0 Å². The highest BCUT2D eigenvalue weighted by molar-refractivity contribution is 4.87. The topological polar surface area (TPSA) is 35.5 Å². The number of hydrogen-bond donors (Lipinski definition) is 2. The van der Waals surface area contributed by atoms with Gasteiger partial charge in [-0.3, -0.25) is 4.90 Å². The number of aliphatic hydroxyl groups is 1. The van der Waals surface area contributed by atoms with Crippen LogP contribution in [0.15, 0.2) is 0 Å². The first-order chi connectivity index (χ1) is 6.90. The van der Waals surface area contributed by atoms with Crippen molar-refractivity contribution < 1.29 is 5.11 Å². The van der Waals surface area contributed by atoms with Gasteiger partial charge in [0.1, 0.15) is 0 Å². The molecule has 1 aliphatic heterocycles. The first kappa shape index (κ1) is 10.4. The van der Waals surface area contributed by atoms with E-state index in [1.54, 1.807) is 0 Å². The van der Waals surface area contributed by atoms with Crippen molar-refractivity contribution >= 4 is 0 Å². The van der Waals surface area contributed by atoms with E-state index in [-0.39, 0.29) is 6.61 Å². The van der Waals surface area contributed by atoms with E-state index in [0.717, 1.165) is 12.6 Å². The molecule has 1 saturated heterocycles. The summed E-state index contributed by atoms with van der Waals surface area (Å²) >= 11 is 0. The van der Waals surface area contributed by atoms with Crippen LogP contribution in [0, 0.1) is 0 Å². The van der Waals surface area contributed by atoms with E-state index < -0.39 is 0 Å². The van der Waals surface area contributed by atoms with Gasteiger partial charge in [-0.2, -0.15) is 0 Å². The SMILES string of the molecule is OCCNC1CCN(C2CCCC2)C1. The Hall–Kier alpha value is -0.120. The Kier molecular flexibility index (Phi) is 3.79. The predicted octanol–water partition coefficient (Wildman–Crippen LogP) is 0.585. The highest BCUT2D eigenvalue weighted by atomic mass is 16.3. The average Bonchev–Trinajstić information content (AvgIpc) is 2.85. The molecule has 2 fully saturated rings. The average molecular weight is 198 g/mol. The fraction of sp³-hybridized carbons (Fsp3) is 1.00. The summed E-state index contributed by atoms with van der Waals surface area (Å²) < 4.78 is 0. The molecule has 3 nitrogen and oxygen atoms in total. The first-order valence-corrected chi connectivity index (χ1v) is 5.98. The molecule has 0 aromatic carbocycles. The molecule has 0 spiro atoms. The van der Waals surface area contributed by atoms with Crippen molar-refractivity contribution in [1.29, 1.82) is 0 Å². The van der Waals surface area contributed by atoms with Crippen LogP contribution < -0.4 is 5.32 Å². The van der Waals surface area contributed by atoms with Crippen molar-refractivity contribution in [2.45, 2.75) is 44.2 Å². The summed E-state index contributed by atoms with van der Waals surface area (Å²) in [4.78, 5) is 2.64. The van der Waals surface area contributed by atoms with Gasteiger partial charge < -0.3 is 10.4 Å². The first-order valence-electron chi connectivity index (χ1n) is 5.98. The van der Waals surface area contributed by atoms with Crippen LogP contribution in [0.3, 0.4) is 0 Å². The summed E-state index contributed by atoms with van der Waals surface area (Å²) in [5.41, 5.74) is 0. The molecule has 0 radical (unpaired) electrons. The zero-order chi connectivity index (χ0) is 9.80. The lowest BCUT2D eigenvalue weighted by Gasteiger charge is -2.23. The summed E-state index contributed by atoms with van der Waals surface area (Å²) in [7, 11) is 0. The molecule has 1 unspecified atom stereocenters. The molecule has 2 aliphatic rings. The number of likely N-dealkylation sites (tertiary alicyclic amines) is 1. The Morgan fingerprint density at radius 1 is 1.21 bits per heavy atom. The van der Waals surface area contributed by atoms with E-state index in [1.165, 1.54) is 45.2 Å². The normalized spacial score (nSPS) is 30.2. The second kappa shape index (κ2) is 5.10. The van der Waals surface area contributed by atoms with Crippen LogP contribution in [0.5, 0.6) is 0 Å². The summed E-state index contributed by atoms with van der Waals surface area (Å²) in [5.74, 6) is 0. The Morgan fingerprint density at radius 3 is 2.71 bits per heavy atom. The molecule has 2 N–H and O–H groups in total. The molecule has 82 valence electrons. The minimum atomic E-state index is 0.264. The molecule has 1 heterocycles. The van der Waals surface area contributed by atoms with Gasteiger partial charge in [0, 0.05) is 31.7 Å². The van der Waals surface area contributed by atoms with Gasteiger partial charge in [0.05, 0.1) is 6.61 Å². The van der Waals surface area contributed by atoms with Crippen LogP contribution in [0.25, 0.3) is 0 Å². The molecule has 0 aromatic heterocycles. The number of hydrogen-bond acceptors (Lipinski definition) is 3. The second-order valence-electron chi connectivity index (χ2n) is 4.60. The van der Waals surface area contributed by atoms with Gasteiger partial charge in [-0.05, 0) is 19.3 Å². The molecule has 0 amide bonds. The quantitative estimate of drug-likeness (QED) is 0.694. The third-order valence-electron chi connectivity index (χ3n) is 3.61. The summed E-state index contributed by atoms with van der Waals surface area (Å²) in [6.07, 6.45) is 6.93. The van der Waals surface area contributed by atoms with Crippen LogP contribution in [0.2, 0.25) is 0 Å². The predicted molar refractivity (Wildman–Crippen MR) is 57.3 cm³/mol. The van der Waals surface area contributed by atoms with Gasteiger partial charge in [0.2, 0.25) is 0 Å². The van der Waals surface area contributed by atoms with Crippen LogP contribution in [0.4, 0.5) is 0 Å². The van der Waals surface area contributed by atoms with Crippen molar-refractivity contribution in [1.82, 2.24) is 10.2 Å². The zero-order valence-corrected chi connectivity index (χ0v) is 8.91. The van der Waals surface area contributed by atoms with Crippen molar-refractivity contribution in [2.24, 2.45) is 0 Å². The standard InChI is InChI=1S/C11H22N2O/c14-8-6-12-10-5-7-13(9-10)11-3-1-2-4-11/h10-12,14H,1-9H2. The van der Waals surface area contributed by atoms with E-state index in [1.807, 2.05) is 0 Å². The van der Waals surface area contributed by atoms with Crippen molar-refractivity contribution in [2.75, 3.05) is 26.2 Å². The van der Waals surface area contributed by atoms with Gasteiger partial charge in [0.25, 0.3) is 0 Å². The van der Waals surface area contributed by atoms with E-state index in [9.17, 15) is 0 Å². The van der Waals surface area contributed by atoms with Gasteiger partial charge in [-0.15, -0.1) is 0 Å². The van der Waals surface area contributed by atoms with E-state index in [0.29, 0.717) is 6.04 Å². The maximum Gasteiger partial charge on any atom is 0.0556 e. The molecule has 1 atom stereocenters. The smallest absolute Gasteiger partial charge is 0.0556 e. The molecule has 0 aromatic rings. The third-order valence-corrected chi connectivity index (χ3v) is 3.61. The monoisotopic (exact) mass is 198 g/mol. The fourth-order valence-corrected chi connectivity index (χ4v) is 2.82. The zero-order valence-electron chi connectivity index (χ0n) is 8.91. The third kappa shape index (κ3) is 2.47. The highest BCUT2D eigenvalue weighted by Crippen LogP contribution is 2.26. The van der Waals surface area contributed by atoms with Gasteiger partial charge in [-0.25, -0.2) is 0 Å². The van der Waals surface area contributed by atoms with Gasteiger partial charge in [-0.1, -0.05) is 12.8 Å². The molecule has 1 aliphatic carbocycles.